The molecule has 0 unspecified atom stereocenters. The lowest BCUT2D eigenvalue weighted by Crippen LogP contribution is -1.88. The molecule has 0 aliphatic carbocycles. The largest absolute Gasteiger partial charge is 0.294 e. The van der Waals surface area contributed by atoms with Gasteiger partial charge in [0, 0.05) is 49.8 Å². The maximum Gasteiger partial charge on any atom is 0.169 e. The highest BCUT2D eigenvalue weighted by molar-refractivity contribution is 7.27. The molecule has 46 heavy (non-hydrogen) atoms. The lowest BCUT2D eigenvalue weighted by Gasteiger charge is -2.07. The van der Waals surface area contributed by atoms with Gasteiger partial charge in [0.1, 0.15) is 11.0 Å². The number of ketones is 1. The SMILES string of the molecule is CC(=O)c1ccc(/C=C/c2c(/C=C/c3ccc(C)s3)cc(-c3ccc(-c4cc5c(C)c6sccc6c(C)c5s4)s3)c3nsnc23)s1. The second kappa shape index (κ2) is 11.9. The summed E-state index contributed by atoms with van der Waals surface area (Å²) in [5, 5.41) is 4.94. The van der Waals surface area contributed by atoms with E-state index in [4.69, 9.17) is 8.75 Å². The van der Waals surface area contributed by atoms with Crippen molar-refractivity contribution in [1.29, 1.82) is 0 Å². The van der Waals surface area contributed by atoms with E-state index in [-0.39, 0.29) is 5.78 Å². The maximum absolute atomic E-state index is 11.9. The van der Waals surface area contributed by atoms with Gasteiger partial charge in [-0.25, -0.2) is 0 Å². The molecule has 0 aliphatic heterocycles. The molecule has 0 saturated carbocycles. The number of aromatic nitrogens is 2. The minimum atomic E-state index is 0.0889. The molecule has 0 amide bonds. The van der Waals surface area contributed by atoms with Crippen molar-refractivity contribution >= 4 is 130 Å². The average molecular weight is 707 g/mol. The first-order chi connectivity index (χ1) is 22.3. The summed E-state index contributed by atoms with van der Waals surface area (Å²) in [4.78, 5) is 19.9. The van der Waals surface area contributed by atoms with Crippen molar-refractivity contribution in [2.75, 3.05) is 0 Å². The van der Waals surface area contributed by atoms with Gasteiger partial charge in [-0.3, -0.25) is 4.79 Å². The number of thiophene rings is 5. The number of nitrogens with zero attached hydrogens (tertiary/aromatic N) is 2. The zero-order chi connectivity index (χ0) is 31.5. The van der Waals surface area contributed by atoms with Crippen LogP contribution in [-0.4, -0.2) is 14.5 Å². The Hall–Kier alpha value is -3.57. The molecule has 0 aliphatic rings. The predicted octanol–water partition coefficient (Wildman–Crippen LogP) is 13.1. The number of benzene rings is 2. The molecular weight excluding hydrogens is 681 g/mol. The number of carbonyl (C=O) groups excluding carboxylic acids is 1. The van der Waals surface area contributed by atoms with Crippen molar-refractivity contribution in [3.8, 4) is 20.2 Å². The molecule has 9 heteroatoms. The van der Waals surface area contributed by atoms with Crippen LogP contribution < -0.4 is 0 Å². The van der Waals surface area contributed by atoms with Crippen LogP contribution >= 0.6 is 68.4 Å². The first-order valence-electron chi connectivity index (χ1n) is 14.7. The van der Waals surface area contributed by atoms with Crippen LogP contribution in [0.2, 0.25) is 0 Å². The Morgan fingerprint density at radius 3 is 2.24 bits per heavy atom. The summed E-state index contributed by atoms with van der Waals surface area (Å²) in [5.74, 6) is 0.0889. The van der Waals surface area contributed by atoms with Crippen LogP contribution in [0.4, 0.5) is 0 Å². The number of rotatable bonds is 7. The average Bonchev–Trinajstić information content (AvgIpc) is 3.89. The van der Waals surface area contributed by atoms with E-state index in [9.17, 15) is 4.79 Å². The molecule has 6 heterocycles. The molecule has 0 radical (unpaired) electrons. The van der Waals surface area contributed by atoms with Gasteiger partial charge in [-0.05, 0) is 127 Å². The fourth-order valence-corrected chi connectivity index (χ4v) is 11.3. The molecule has 8 aromatic rings. The van der Waals surface area contributed by atoms with Gasteiger partial charge in [0.2, 0.25) is 0 Å². The molecule has 6 aromatic heterocycles. The van der Waals surface area contributed by atoms with E-state index in [0.29, 0.717) is 0 Å². The van der Waals surface area contributed by atoms with E-state index in [0.717, 1.165) is 37.5 Å². The van der Waals surface area contributed by atoms with Gasteiger partial charge in [0.25, 0.3) is 0 Å². The van der Waals surface area contributed by atoms with Gasteiger partial charge in [-0.2, -0.15) is 8.75 Å². The minimum Gasteiger partial charge on any atom is -0.294 e. The van der Waals surface area contributed by atoms with Gasteiger partial charge < -0.3 is 0 Å². The third kappa shape index (κ3) is 5.25. The van der Waals surface area contributed by atoms with Gasteiger partial charge in [0.15, 0.2) is 5.78 Å². The van der Waals surface area contributed by atoms with Crippen molar-refractivity contribution in [2.45, 2.75) is 27.7 Å². The second-order valence-electron chi connectivity index (χ2n) is 11.2. The Morgan fingerprint density at radius 1 is 0.674 bits per heavy atom. The Bertz CT molecular complexity index is 2450. The van der Waals surface area contributed by atoms with Gasteiger partial charge >= 0.3 is 0 Å². The van der Waals surface area contributed by atoms with Crippen LogP contribution in [-0.2, 0) is 0 Å². The first kappa shape index (κ1) is 29.8. The van der Waals surface area contributed by atoms with Crippen LogP contribution in [0.1, 0.15) is 53.5 Å². The van der Waals surface area contributed by atoms with Crippen LogP contribution in [0.5, 0.6) is 0 Å². The number of aryl methyl sites for hydroxylation is 3. The van der Waals surface area contributed by atoms with E-state index in [1.54, 1.807) is 18.3 Å². The Labute approximate surface area is 290 Å². The molecule has 2 aromatic carbocycles. The lowest BCUT2D eigenvalue weighted by atomic mass is 9.99. The Kier molecular flexibility index (Phi) is 7.71. The van der Waals surface area contributed by atoms with Crippen LogP contribution in [0.25, 0.3) is 75.7 Å². The van der Waals surface area contributed by atoms with Crippen LogP contribution in [0, 0.1) is 20.8 Å². The second-order valence-corrected chi connectivity index (χ2v) is 17.2. The highest BCUT2D eigenvalue weighted by atomic mass is 32.1. The Morgan fingerprint density at radius 2 is 1.43 bits per heavy atom. The maximum atomic E-state index is 11.9. The summed E-state index contributed by atoms with van der Waals surface area (Å²) >= 11 is 10.1. The summed E-state index contributed by atoms with van der Waals surface area (Å²) in [6.07, 6.45) is 8.58. The molecule has 3 nitrogen and oxygen atoms in total. The van der Waals surface area contributed by atoms with Crippen molar-refractivity contribution in [1.82, 2.24) is 8.75 Å². The van der Waals surface area contributed by atoms with Crippen molar-refractivity contribution in [2.24, 2.45) is 0 Å². The molecule has 0 saturated heterocycles. The summed E-state index contributed by atoms with van der Waals surface area (Å²) < 4.78 is 12.4. The zero-order valence-electron chi connectivity index (χ0n) is 25.3. The number of hydrogen-bond donors (Lipinski definition) is 0. The molecule has 8 rings (SSSR count). The quantitative estimate of drug-likeness (QED) is 0.155. The third-order valence-electron chi connectivity index (χ3n) is 8.19. The molecule has 0 bridgehead atoms. The van der Waals surface area contributed by atoms with E-state index < -0.39 is 0 Å². The van der Waals surface area contributed by atoms with E-state index >= 15 is 0 Å². The summed E-state index contributed by atoms with van der Waals surface area (Å²) in [5.41, 5.74) is 7.78. The molecule has 0 spiro atoms. The summed E-state index contributed by atoms with van der Waals surface area (Å²) in [6, 6.07) is 19.6. The molecule has 0 atom stereocenters. The number of fused-ring (bicyclic) bond motifs is 3. The topological polar surface area (TPSA) is 42.9 Å². The van der Waals surface area contributed by atoms with Crippen LogP contribution in [0.3, 0.4) is 0 Å². The number of Topliss-reactive ketones (excluding diaryl/α,β-unsaturated/α-hetero) is 1. The van der Waals surface area contributed by atoms with Crippen molar-refractivity contribution in [3.05, 3.63) is 102 Å². The molecular formula is C37H26N2OS6. The molecule has 0 N–H and O–H groups in total. The smallest absolute Gasteiger partial charge is 0.169 e. The molecule has 0 fully saturated rings. The number of hydrogen-bond acceptors (Lipinski definition) is 9. The normalized spacial score (nSPS) is 12.3. The number of carbonyl (C=O) groups is 1. The lowest BCUT2D eigenvalue weighted by molar-refractivity contribution is 0.102. The van der Waals surface area contributed by atoms with Gasteiger partial charge in [0.05, 0.1) is 16.6 Å². The van der Waals surface area contributed by atoms with Crippen LogP contribution in [0.15, 0.2) is 60.0 Å². The van der Waals surface area contributed by atoms with Crippen molar-refractivity contribution in [3.63, 3.8) is 0 Å². The highest BCUT2D eigenvalue weighted by Gasteiger charge is 2.19. The summed E-state index contributed by atoms with van der Waals surface area (Å²) in [6.45, 7) is 8.26. The first-order valence-corrected chi connectivity index (χ1v) is 19.5. The van der Waals surface area contributed by atoms with E-state index in [2.05, 4.69) is 92.9 Å². The predicted molar refractivity (Wildman–Crippen MR) is 208 cm³/mol. The third-order valence-corrected chi connectivity index (χ3v) is 14.4. The molecule has 226 valence electrons. The van der Waals surface area contributed by atoms with Gasteiger partial charge in [-0.15, -0.1) is 56.7 Å². The minimum absolute atomic E-state index is 0.0889. The monoisotopic (exact) mass is 706 g/mol. The standard InChI is InChI=1S/C37H26N2OS6/c1-19-5-7-24(42-19)8-6-23-17-29(35-34(38-46-39-35)27(23)11-9-25-10-12-30(43-25)22(4)40)31-13-14-32(44-31)33-18-28-21(3)36-26(15-16-41-36)20(2)37(28)45-33/h5-18H,1-4H3/b8-6+,11-9+. The van der Waals surface area contributed by atoms with Crippen molar-refractivity contribution < 1.29 is 4.79 Å². The fraction of sp³-hybridized carbons (Fsp3) is 0.108. The summed E-state index contributed by atoms with van der Waals surface area (Å²) in [7, 11) is 0. The zero-order valence-corrected chi connectivity index (χ0v) is 30.2. The van der Waals surface area contributed by atoms with Gasteiger partial charge in [-0.1, -0.05) is 12.2 Å². The fourth-order valence-electron chi connectivity index (χ4n) is 5.82. The van der Waals surface area contributed by atoms with E-state index in [1.165, 1.54) is 78.7 Å². The Balaban J connectivity index is 1.24. The van der Waals surface area contributed by atoms with E-state index in [1.807, 2.05) is 46.1 Å². The highest BCUT2D eigenvalue weighted by Crippen LogP contribution is 2.46.